The molecule has 0 aliphatic carbocycles. The monoisotopic (exact) mass is 277 g/mol. The van der Waals surface area contributed by atoms with Gasteiger partial charge in [-0.15, -0.1) is 0 Å². The minimum absolute atomic E-state index is 0.0715. The van der Waals surface area contributed by atoms with E-state index in [1.54, 1.807) is 4.68 Å². The molecule has 7 nitrogen and oxygen atoms in total. The van der Waals surface area contributed by atoms with Crippen LogP contribution in [0.2, 0.25) is 0 Å². The number of nitro benzene ring substituents is 1. The molecule has 0 aliphatic heterocycles. The first-order chi connectivity index (χ1) is 9.51. The summed E-state index contributed by atoms with van der Waals surface area (Å²) >= 11 is 0. The Balaban J connectivity index is 2.17. The molecule has 0 aliphatic rings. The highest BCUT2D eigenvalue weighted by atomic mass is 16.6. The summed E-state index contributed by atoms with van der Waals surface area (Å²) in [6.45, 7) is 1.85. The number of aryl methyl sites for hydroxylation is 2. The van der Waals surface area contributed by atoms with E-state index in [9.17, 15) is 15.2 Å². The summed E-state index contributed by atoms with van der Waals surface area (Å²) in [5.74, 6) is 0.428. The number of nitro groups is 1. The third-order valence-electron chi connectivity index (χ3n) is 2.90. The summed E-state index contributed by atoms with van der Waals surface area (Å²) in [5.41, 5.74) is 2.08. The summed E-state index contributed by atoms with van der Waals surface area (Å²) in [6.07, 6.45) is 0. The lowest BCUT2D eigenvalue weighted by Gasteiger charge is -2.10. The fraction of sp³-hybridized carbons (Fsp3) is 0.308. The number of aliphatic hydroxyl groups excluding tert-OH is 1. The van der Waals surface area contributed by atoms with Gasteiger partial charge in [-0.05, 0) is 19.1 Å². The smallest absolute Gasteiger partial charge is 0.270 e. The van der Waals surface area contributed by atoms with Gasteiger partial charge in [-0.2, -0.15) is 5.10 Å². The Kier molecular flexibility index (Phi) is 3.99. The minimum Gasteiger partial charge on any atom is -0.487 e. The molecule has 0 bridgehead atoms. The summed E-state index contributed by atoms with van der Waals surface area (Å²) < 4.78 is 7.31. The van der Waals surface area contributed by atoms with Gasteiger partial charge >= 0.3 is 0 Å². The van der Waals surface area contributed by atoms with Gasteiger partial charge in [0.1, 0.15) is 12.4 Å². The molecule has 0 unspecified atom stereocenters. The molecule has 2 rings (SSSR count). The van der Waals surface area contributed by atoms with Crippen LogP contribution in [0.3, 0.4) is 0 Å². The van der Waals surface area contributed by atoms with Crippen LogP contribution in [0.1, 0.15) is 17.0 Å². The Morgan fingerprint density at radius 2 is 2.20 bits per heavy atom. The van der Waals surface area contributed by atoms with E-state index in [4.69, 9.17) is 4.74 Å². The molecule has 0 radical (unpaired) electrons. The molecular weight excluding hydrogens is 262 g/mol. The van der Waals surface area contributed by atoms with E-state index in [0.29, 0.717) is 11.3 Å². The van der Waals surface area contributed by atoms with Crippen LogP contribution in [0, 0.1) is 17.0 Å². The molecule has 20 heavy (non-hydrogen) atoms. The van der Waals surface area contributed by atoms with Crippen molar-refractivity contribution in [2.24, 2.45) is 7.05 Å². The molecule has 0 fully saturated rings. The number of aliphatic hydroxyl groups is 1. The number of nitrogens with zero attached hydrogens (tertiary/aromatic N) is 3. The molecule has 0 saturated carbocycles. The maximum Gasteiger partial charge on any atom is 0.270 e. The van der Waals surface area contributed by atoms with Gasteiger partial charge < -0.3 is 9.84 Å². The van der Waals surface area contributed by atoms with Crippen molar-refractivity contribution in [3.8, 4) is 5.75 Å². The Morgan fingerprint density at radius 3 is 2.75 bits per heavy atom. The van der Waals surface area contributed by atoms with Crippen LogP contribution < -0.4 is 4.74 Å². The van der Waals surface area contributed by atoms with Crippen molar-refractivity contribution in [1.29, 1.82) is 0 Å². The SMILES string of the molecule is Cc1cc(COc2ccc([N+](=O)[O-])cc2CO)n(C)n1. The second-order valence-electron chi connectivity index (χ2n) is 4.40. The highest BCUT2D eigenvalue weighted by Crippen LogP contribution is 2.25. The molecule has 2 aromatic rings. The fourth-order valence-electron chi connectivity index (χ4n) is 1.89. The van der Waals surface area contributed by atoms with Crippen LogP contribution in [-0.4, -0.2) is 19.8 Å². The molecule has 0 saturated heterocycles. The fourth-order valence-corrected chi connectivity index (χ4v) is 1.89. The molecular formula is C13H15N3O4. The molecule has 0 amide bonds. The second kappa shape index (κ2) is 5.70. The predicted octanol–water partition coefficient (Wildman–Crippen LogP) is 1.71. The number of ether oxygens (including phenoxy) is 1. The molecule has 1 aromatic heterocycles. The van der Waals surface area contributed by atoms with Crippen LogP contribution in [0.4, 0.5) is 5.69 Å². The van der Waals surface area contributed by atoms with E-state index in [2.05, 4.69) is 5.10 Å². The Labute approximate surface area is 115 Å². The first-order valence-corrected chi connectivity index (χ1v) is 6.01. The average Bonchev–Trinajstić information content (AvgIpc) is 2.74. The number of hydrogen-bond donors (Lipinski definition) is 1. The maximum atomic E-state index is 10.7. The first-order valence-electron chi connectivity index (χ1n) is 6.01. The van der Waals surface area contributed by atoms with Crippen LogP contribution in [-0.2, 0) is 20.3 Å². The zero-order chi connectivity index (χ0) is 14.7. The van der Waals surface area contributed by atoms with Gasteiger partial charge in [0.25, 0.3) is 5.69 Å². The second-order valence-corrected chi connectivity index (χ2v) is 4.40. The summed E-state index contributed by atoms with van der Waals surface area (Å²) in [4.78, 5) is 10.2. The molecule has 1 N–H and O–H groups in total. The molecule has 7 heteroatoms. The molecule has 0 atom stereocenters. The van der Waals surface area contributed by atoms with Crippen molar-refractivity contribution in [3.63, 3.8) is 0 Å². The van der Waals surface area contributed by atoms with Crippen LogP contribution in [0.5, 0.6) is 5.75 Å². The van der Waals surface area contributed by atoms with Crippen molar-refractivity contribution < 1.29 is 14.8 Å². The lowest BCUT2D eigenvalue weighted by molar-refractivity contribution is -0.385. The number of rotatable bonds is 5. The van der Waals surface area contributed by atoms with Crippen molar-refractivity contribution in [1.82, 2.24) is 9.78 Å². The lowest BCUT2D eigenvalue weighted by atomic mass is 10.2. The van der Waals surface area contributed by atoms with Gasteiger partial charge in [0.2, 0.25) is 0 Å². The summed E-state index contributed by atoms with van der Waals surface area (Å²) in [6, 6.07) is 6.05. The zero-order valence-corrected chi connectivity index (χ0v) is 11.2. The van der Waals surface area contributed by atoms with E-state index in [0.717, 1.165) is 11.4 Å². The number of hydrogen-bond acceptors (Lipinski definition) is 5. The van der Waals surface area contributed by atoms with Crippen LogP contribution in [0.25, 0.3) is 0 Å². The third-order valence-corrected chi connectivity index (χ3v) is 2.90. The van der Waals surface area contributed by atoms with Crippen LogP contribution in [0.15, 0.2) is 24.3 Å². The van der Waals surface area contributed by atoms with Crippen LogP contribution >= 0.6 is 0 Å². The highest BCUT2D eigenvalue weighted by molar-refractivity contribution is 5.43. The minimum atomic E-state index is -0.507. The van der Waals surface area contributed by atoms with Crippen molar-refractivity contribution in [3.05, 3.63) is 51.3 Å². The Morgan fingerprint density at radius 1 is 1.45 bits per heavy atom. The van der Waals surface area contributed by atoms with E-state index in [1.165, 1.54) is 18.2 Å². The predicted molar refractivity (Wildman–Crippen MR) is 71.3 cm³/mol. The zero-order valence-electron chi connectivity index (χ0n) is 11.2. The van der Waals surface area contributed by atoms with E-state index < -0.39 is 4.92 Å². The van der Waals surface area contributed by atoms with Gasteiger partial charge in [0, 0.05) is 24.7 Å². The normalized spacial score (nSPS) is 10.6. The molecule has 0 spiro atoms. The van der Waals surface area contributed by atoms with E-state index in [1.807, 2.05) is 20.0 Å². The number of non-ortho nitro benzene ring substituents is 1. The van der Waals surface area contributed by atoms with Gasteiger partial charge in [-0.25, -0.2) is 0 Å². The van der Waals surface area contributed by atoms with Crippen molar-refractivity contribution in [2.75, 3.05) is 0 Å². The highest BCUT2D eigenvalue weighted by Gasteiger charge is 2.12. The van der Waals surface area contributed by atoms with E-state index in [-0.39, 0.29) is 18.9 Å². The lowest BCUT2D eigenvalue weighted by Crippen LogP contribution is -2.04. The Bertz CT molecular complexity index is 637. The van der Waals surface area contributed by atoms with Gasteiger partial charge in [0.05, 0.1) is 22.9 Å². The number of benzene rings is 1. The van der Waals surface area contributed by atoms with Gasteiger partial charge in [0.15, 0.2) is 0 Å². The quantitative estimate of drug-likeness (QED) is 0.663. The molecule has 106 valence electrons. The standard InChI is InChI=1S/C13H15N3O4/c1-9-5-12(15(2)14-9)8-20-13-4-3-11(16(18)19)6-10(13)7-17/h3-6,17H,7-8H2,1-2H3. The topological polar surface area (TPSA) is 90.4 Å². The largest absolute Gasteiger partial charge is 0.487 e. The van der Waals surface area contributed by atoms with Gasteiger partial charge in [-0.3, -0.25) is 14.8 Å². The molecule has 1 aromatic carbocycles. The number of aromatic nitrogens is 2. The molecule has 1 heterocycles. The van der Waals surface area contributed by atoms with Crippen molar-refractivity contribution in [2.45, 2.75) is 20.1 Å². The van der Waals surface area contributed by atoms with Gasteiger partial charge in [-0.1, -0.05) is 0 Å². The third kappa shape index (κ3) is 2.94. The van der Waals surface area contributed by atoms with E-state index >= 15 is 0 Å². The maximum absolute atomic E-state index is 10.7. The Hall–Kier alpha value is -2.41. The first kappa shape index (κ1) is 14.0. The summed E-state index contributed by atoms with van der Waals surface area (Å²) in [5, 5.41) is 24.1. The summed E-state index contributed by atoms with van der Waals surface area (Å²) in [7, 11) is 1.81. The van der Waals surface area contributed by atoms with Crippen molar-refractivity contribution >= 4 is 5.69 Å². The average molecular weight is 277 g/mol.